The summed E-state index contributed by atoms with van der Waals surface area (Å²) in [6.07, 6.45) is -0.547. The molecule has 5 aromatic carbocycles. The van der Waals surface area contributed by atoms with Gasteiger partial charge in [-0.25, -0.2) is 0 Å². The Morgan fingerprint density at radius 3 is 1.46 bits per heavy atom. The molecule has 0 aliphatic rings. The molecule has 0 saturated heterocycles. The molecule has 0 fully saturated rings. The molecule has 0 bridgehead atoms. The van der Waals surface area contributed by atoms with Gasteiger partial charge in [-0.3, -0.25) is 38.7 Å². The molecule has 76 heavy (non-hydrogen) atoms. The van der Waals surface area contributed by atoms with Crippen LogP contribution in [-0.2, 0) is 61.2 Å². The first-order valence-corrected chi connectivity index (χ1v) is 25.9. The molecule has 6 N–H and O–H groups in total. The smallest absolute Gasteiger partial charge is 0.483 e. The van der Waals surface area contributed by atoms with Gasteiger partial charge in [0.05, 0.1) is 32.7 Å². The van der Waals surface area contributed by atoms with Gasteiger partial charge in [0.15, 0.2) is 6.10 Å². The van der Waals surface area contributed by atoms with Gasteiger partial charge in [0.2, 0.25) is 0 Å². The number of aryl methyl sites for hydroxylation is 2. The van der Waals surface area contributed by atoms with Crippen LogP contribution in [0.2, 0.25) is 0 Å². The van der Waals surface area contributed by atoms with Gasteiger partial charge in [-0.15, -0.1) is 0 Å². The third-order valence-corrected chi connectivity index (χ3v) is 12.8. The number of aliphatic carboxylic acids is 6. The van der Waals surface area contributed by atoms with Crippen molar-refractivity contribution in [1.29, 1.82) is 0 Å². The SMILES string of the molecule is CCc1cc(OCc2ccc(C)cc2)ccc1OCC(COc1ccc(OCc2cc[c]([Bi])cc2)cc1CC(=O)O)Oc1ccc(CC(CN(CCN(CC(=O)O)CC(=O)O)CC(=O)O)N(CC(=O)O)CC(=O)O)cc1. The number of carboxylic acid groups (broad SMARTS) is 6. The van der Waals surface area contributed by atoms with Crippen molar-refractivity contribution in [2.24, 2.45) is 0 Å². The summed E-state index contributed by atoms with van der Waals surface area (Å²) in [5.74, 6) is -5.32. The summed E-state index contributed by atoms with van der Waals surface area (Å²) in [5, 5.41) is 57.9. The number of ether oxygens (including phenoxy) is 5. The second-order valence-corrected chi connectivity index (χ2v) is 19.9. The van der Waals surface area contributed by atoms with Crippen LogP contribution in [0.5, 0.6) is 28.7 Å². The minimum atomic E-state index is -1.34. The molecule has 20 nitrogen and oxygen atoms in total. The van der Waals surface area contributed by atoms with Gasteiger partial charge in [-0.2, -0.15) is 0 Å². The fraction of sp³-hybridized carbons (Fsp3) is 0.345. The Kier molecular flexibility index (Phi) is 23.7. The van der Waals surface area contributed by atoms with Gasteiger partial charge in [-0.1, -0.05) is 48.9 Å². The van der Waals surface area contributed by atoms with Crippen molar-refractivity contribution >= 4 is 63.8 Å². The second kappa shape index (κ2) is 30.3. The van der Waals surface area contributed by atoms with Gasteiger partial charge in [0.25, 0.3) is 0 Å². The summed E-state index contributed by atoms with van der Waals surface area (Å²) < 4.78 is 32.5. The molecule has 0 heterocycles. The van der Waals surface area contributed by atoms with E-state index < -0.39 is 80.7 Å². The van der Waals surface area contributed by atoms with Crippen LogP contribution in [0, 0.1) is 6.92 Å². The molecule has 21 heteroatoms. The number of carbonyl (C=O) groups is 6. The van der Waals surface area contributed by atoms with Gasteiger partial charge >= 0.3 is 168 Å². The average molecular weight is 1250 g/mol. The van der Waals surface area contributed by atoms with E-state index in [4.69, 9.17) is 23.7 Å². The first-order valence-electron chi connectivity index (χ1n) is 24.2. The molecular formula is C55H62BiN3O17. The number of benzene rings is 5. The average Bonchev–Trinajstić information content (AvgIpc) is 3.35. The van der Waals surface area contributed by atoms with E-state index >= 15 is 0 Å². The zero-order valence-corrected chi connectivity index (χ0v) is 45.6. The number of hydrogen-bond acceptors (Lipinski definition) is 14. The Balaban J connectivity index is 1.39. The van der Waals surface area contributed by atoms with E-state index in [1.54, 1.807) is 42.5 Å². The molecule has 0 aliphatic heterocycles. The van der Waals surface area contributed by atoms with Crippen molar-refractivity contribution in [3.05, 3.63) is 143 Å². The van der Waals surface area contributed by atoms with Crippen LogP contribution in [0.4, 0.5) is 0 Å². The zero-order chi connectivity index (χ0) is 55.1. The summed E-state index contributed by atoms with van der Waals surface area (Å²) in [6.45, 7) is 0.652. The van der Waals surface area contributed by atoms with Crippen molar-refractivity contribution in [3.63, 3.8) is 0 Å². The van der Waals surface area contributed by atoms with Crippen molar-refractivity contribution in [3.8, 4) is 28.7 Å². The molecule has 5 aromatic rings. The van der Waals surface area contributed by atoms with Crippen molar-refractivity contribution < 1.29 is 83.1 Å². The number of nitrogens with zero attached hydrogens (tertiary/aromatic N) is 3. The maximum atomic E-state index is 12.1. The van der Waals surface area contributed by atoms with Crippen molar-refractivity contribution in [2.75, 3.05) is 65.6 Å². The van der Waals surface area contributed by atoms with E-state index in [-0.39, 0.29) is 58.0 Å². The molecule has 0 amide bonds. The van der Waals surface area contributed by atoms with Gasteiger partial charge in [0.1, 0.15) is 30.5 Å². The number of rotatable bonds is 35. The van der Waals surface area contributed by atoms with E-state index in [0.717, 1.165) is 51.9 Å². The quantitative estimate of drug-likeness (QED) is 0.0309. The van der Waals surface area contributed by atoms with Crippen LogP contribution >= 0.6 is 0 Å². The Morgan fingerprint density at radius 1 is 0.513 bits per heavy atom. The van der Waals surface area contributed by atoms with E-state index in [1.165, 1.54) is 13.1 Å². The van der Waals surface area contributed by atoms with Crippen LogP contribution in [0.3, 0.4) is 0 Å². The summed E-state index contributed by atoms with van der Waals surface area (Å²) in [4.78, 5) is 74.7. The molecule has 0 aromatic heterocycles. The Bertz CT molecular complexity index is 2690. The van der Waals surface area contributed by atoms with Crippen molar-refractivity contribution in [2.45, 2.75) is 58.5 Å². The fourth-order valence-corrected chi connectivity index (χ4v) is 8.56. The van der Waals surface area contributed by atoms with E-state index in [9.17, 15) is 59.4 Å². The predicted molar refractivity (Wildman–Crippen MR) is 277 cm³/mol. The summed E-state index contributed by atoms with van der Waals surface area (Å²) in [7, 11) is 0. The van der Waals surface area contributed by atoms with Gasteiger partial charge in [-0.05, 0) is 66.8 Å². The molecule has 0 spiro atoms. The Hall–Kier alpha value is -7.32. The van der Waals surface area contributed by atoms with Crippen LogP contribution in [-0.4, -0.2) is 184 Å². The maximum absolute atomic E-state index is 12.1. The van der Waals surface area contributed by atoms with Crippen molar-refractivity contribution in [1.82, 2.24) is 14.7 Å². The number of carboxylic acids is 6. The minimum Gasteiger partial charge on any atom is -0.483 e. The molecule has 404 valence electrons. The molecular weight excluding hydrogens is 1180 g/mol. The Labute approximate surface area is 454 Å². The molecule has 2 atom stereocenters. The normalized spacial score (nSPS) is 12.0. The van der Waals surface area contributed by atoms with Gasteiger partial charge in [0, 0.05) is 25.7 Å². The molecule has 0 aliphatic carbocycles. The topological polar surface area (TPSA) is 280 Å². The first-order chi connectivity index (χ1) is 36.3. The first kappa shape index (κ1) is 59.6. The molecule has 2 unspecified atom stereocenters. The standard InChI is InChI=1S/C55H62N3O17.Bi/c1-3-41-24-45(72-34-40-11-9-37(2)10-12-40)17-19-48(41)73-35-47(36-74-49-20-18-46(25-42(49)26-50(59)60)71-33-39-7-5-4-6-8-39)75-44-15-13-38(14-16-44)23-43(58(31-54(67)68)32-55(69)70)27-56(28-51(61)62)21-22-57(29-52(63)64)30-53(65)66;/h5-20,24-25,43,47H,3,21-23,26-36H2,1-2H3,(H,59,60)(H,61,62)(H,63,64)(H,65,66)(H,67,68)(H,69,70);. The van der Waals surface area contributed by atoms with E-state index in [2.05, 4.69) is 0 Å². The monoisotopic (exact) mass is 1250 g/mol. The summed E-state index contributed by atoms with van der Waals surface area (Å²) >= 11 is 1.13. The van der Waals surface area contributed by atoms with Crippen LogP contribution < -0.4 is 27.0 Å². The third kappa shape index (κ3) is 21.5. The number of hydrogen-bond donors (Lipinski definition) is 6. The zero-order valence-electron chi connectivity index (χ0n) is 42.1. The molecule has 2 radical (unpaired) electrons. The second-order valence-electron chi connectivity index (χ2n) is 17.9. The fourth-order valence-electron chi connectivity index (χ4n) is 7.98. The van der Waals surface area contributed by atoms with Crippen LogP contribution in [0.15, 0.2) is 109 Å². The predicted octanol–water partition coefficient (Wildman–Crippen LogP) is 4.28. The Morgan fingerprint density at radius 2 is 0.961 bits per heavy atom. The van der Waals surface area contributed by atoms with Crippen LogP contribution in [0.25, 0.3) is 0 Å². The molecule has 0 saturated carbocycles. The van der Waals surface area contributed by atoms with Crippen LogP contribution in [0.1, 0.15) is 40.3 Å². The summed E-state index contributed by atoms with van der Waals surface area (Å²) in [5.41, 5.74) is 4.93. The summed E-state index contributed by atoms with van der Waals surface area (Å²) in [6, 6.07) is 32.2. The third-order valence-electron chi connectivity index (χ3n) is 11.7. The van der Waals surface area contributed by atoms with E-state index in [1.807, 2.05) is 80.6 Å². The minimum absolute atomic E-state index is 0.0172. The van der Waals surface area contributed by atoms with E-state index in [0.29, 0.717) is 47.2 Å². The van der Waals surface area contributed by atoms with Gasteiger partial charge < -0.3 is 39.7 Å². The molecule has 5 rings (SSSR count).